The van der Waals surface area contributed by atoms with Crippen LogP contribution < -0.4 is 0 Å². The van der Waals surface area contributed by atoms with E-state index >= 15 is 0 Å². The van der Waals surface area contributed by atoms with Crippen LogP contribution >= 0.6 is 0 Å². The molecule has 1 saturated carbocycles. The van der Waals surface area contributed by atoms with Crippen LogP contribution in [0.5, 0.6) is 5.75 Å². The molecule has 2 aliphatic heterocycles. The van der Waals surface area contributed by atoms with E-state index in [4.69, 9.17) is 4.74 Å². The van der Waals surface area contributed by atoms with Gasteiger partial charge in [0.15, 0.2) is 0 Å². The lowest BCUT2D eigenvalue weighted by Gasteiger charge is -2.31. The van der Waals surface area contributed by atoms with Gasteiger partial charge < -0.3 is 14.9 Å². The van der Waals surface area contributed by atoms with Crippen molar-refractivity contribution in [2.24, 2.45) is 17.8 Å². The normalized spacial score (nSPS) is 30.2. The van der Waals surface area contributed by atoms with Gasteiger partial charge in [-0.1, -0.05) is 43.0 Å². The highest BCUT2D eigenvalue weighted by molar-refractivity contribution is 6.06. The molecule has 4 atom stereocenters. The number of ether oxygens (including phenoxy) is 1. The third-order valence-corrected chi connectivity index (χ3v) is 8.28. The lowest BCUT2D eigenvalue weighted by Crippen LogP contribution is -2.42. The third kappa shape index (κ3) is 4.22. The number of hydrogen-bond acceptors (Lipinski definition) is 5. The van der Waals surface area contributed by atoms with Crippen molar-refractivity contribution in [1.29, 1.82) is 0 Å². The quantitative estimate of drug-likeness (QED) is 0.485. The molecule has 0 unspecified atom stereocenters. The van der Waals surface area contributed by atoms with Gasteiger partial charge in [0.05, 0.1) is 31.2 Å². The number of hydrogen-bond donors (Lipinski definition) is 2. The summed E-state index contributed by atoms with van der Waals surface area (Å²) >= 11 is 0. The Labute approximate surface area is 201 Å². The smallest absolute Gasteiger partial charge is 0.234 e. The first-order chi connectivity index (χ1) is 16.5. The van der Waals surface area contributed by atoms with E-state index in [-0.39, 0.29) is 54.1 Å². The van der Waals surface area contributed by atoms with Gasteiger partial charge in [-0.15, -0.1) is 0 Å². The number of carbonyl (C=O) groups excluding carboxylic acids is 2. The maximum absolute atomic E-state index is 13.5. The van der Waals surface area contributed by atoms with Crippen LogP contribution in [0.15, 0.2) is 41.0 Å². The van der Waals surface area contributed by atoms with Crippen LogP contribution in [0, 0.1) is 17.8 Å². The van der Waals surface area contributed by atoms with Crippen molar-refractivity contribution in [3.63, 3.8) is 0 Å². The van der Waals surface area contributed by atoms with Gasteiger partial charge in [0.1, 0.15) is 5.75 Å². The molecule has 1 aromatic carbocycles. The van der Waals surface area contributed by atoms with Crippen molar-refractivity contribution in [3.05, 3.63) is 46.5 Å². The van der Waals surface area contributed by atoms with E-state index in [0.29, 0.717) is 13.0 Å². The minimum Gasteiger partial charge on any atom is -0.508 e. The molecule has 0 radical (unpaired) electrons. The Morgan fingerprint density at radius 1 is 1.09 bits per heavy atom. The lowest BCUT2D eigenvalue weighted by molar-refractivity contribution is -0.143. The molecule has 5 rings (SSSR count). The van der Waals surface area contributed by atoms with E-state index in [2.05, 4.69) is 13.0 Å². The molecular weight excluding hydrogens is 430 g/mol. The number of aliphatic hydroxyl groups is 1. The second-order valence-corrected chi connectivity index (χ2v) is 10.4. The lowest BCUT2D eigenvalue weighted by atomic mass is 9.69. The number of aromatic hydroxyl groups is 1. The van der Waals surface area contributed by atoms with Crippen molar-refractivity contribution in [1.82, 2.24) is 4.90 Å². The molecule has 2 heterocycles. The molecule has 0 spiro atoms. The number of allylic oxidation sites excluding steroid dienone is 1. The Bertz CT molecular complexity index is 1000. The first-order valence-electron chi connectivity index (χ1n) is 12.7. The van der Waals surface area contributed by atoms with Crippen molar-refractivity contribution in [2.75, 3.05) is 13.2 Å². The molecule has 6 nitrogen and oxygen atoms in total. The van der Waals surface area contributed by atoms with Gasteiger partial charge >= 0.3 is 0 Å². The largest absolute Gasteiger partial charge is 0.508 e. The number of amides is 2. The molecule has 2 aliphatic carbocycles. The average Bonchev–Trinajstić information content (AvgIpc) is 3.38. The Balaban J connectivity index is 1.31. The van der Waals surface area contributed by atoms with Crippen LogP contribution in [0.3, 0.4) is 0 Å². The Morgan fingerprint density at radius 3 is 2.53 bits per heavy atom. The summed E-state index contributed by atoms with van der Waals surface area (Å²) in [6.45, 7) is 2.45. The summed E-state index contributed by atoms with van der Waals surface area (Å²) in [5.74, 6) is -0.558. The molecule has 6 heteroatoms. The zero-order valence-electron chi connectivity index (χ0n) is 19.9. The number of carbonyl (C=O) groups is 2. The maximum Gasteiger partial charge on any atom is 0.234 e. The second-order valence-electron chi connectivity index (χ2n) is 10.4. The second kappa shape index (κ2) is 9.67. The number of imide groups is 1. The van der Waals surface area contributed by atoms with E-state index in [1.165, 1.54) is 12.0 Å². The number of benzene rings is 1. The average molecular weight is 466 g/mol. The molecule has 182 valence electrons. The number of phenols is 1. The van der Waals surface area contributed by atoms with Crippen LogP contribution in [0.1, 0.15) is 63.9 Å². The molecule has 2 amide bonds. The number of likely N-dealkylation sites (tertiary alicyclic amines) is 1. The fourth-order valence-electron chi connectivity index (χ4n) is 6.63. The summed E-state index contributed by atoms with van der Waals surface area (Å²) in [6, 6.07) is 7.17. The number of nitrogens with zero attached hydrogens (tertiary/aromatic N) is 1. The van der Waals surface area contributed by atoms with Gasteiger partial charge in [-0.3, -0.25) is 14.5 Å². The maximum atomic E-state index is 13.5. The zero-order chi connectivity index (χ0) is 23.8. The van der Waals surface area contributed by atoms with Gasteiger partial charge in [-0.05, 0) is 67.9 Å². The van der Waals surface area contributed by atoms with E-state index in [1.807, 2.05) is 12.1 Å². The Kier molecular flexibility index (Phi) is 6.63. The summed E-state index contributed by atoms with van der Waals surface area (Å²) in [5, 5.41) is 19.7. The van der Waals surface area contributed by atoms with E-state index in [1.54, 1.807) is 17.0 Å². The van der Waals surface area contributed by atoms with Crippen LogP contribution in [0.25, 0.3) is 6.08 Å². The SMILES string of the molecule is C/C(=C\c1ccc(O)cc1)CC[C@H]1OC[C@H]2C1=C(CO)C[C@H]1C(=O)N(C3CCCCC3)C(=O)[C@H]12. The van der Waals surface area contributed by atoms with Gasteiger partial charge in [0, 0.05) is 12.0 Å². The third-order valence-electron chi connectivity index (χ3n) is 8.28. The van der Waals surface area contributed by atoms with Crippen LogP contribution in [0.4, 0.5) is 0 Å². The Hall–Kier alpha value is -2.44. The van der Waals surface area contributed by atoms with Crippen molar-refractivity contribution >= 4 is 17.9 Å². The minimum atomic E-state index is -0.344. The summed E-state index contributed by atoms with van der Waals surface area (Å²) in [7, 11) is 0. The predicted molar refractivity (Wildman–Crippen MR) is 129 cm³/mol. The summed E-state index contributed by atoms with van der Waals surface area (Å²) in [5.41, 5.74) is 4.22. The highest BCUT2D eigenvalue weighted by Crippen LogP contribution is 2.50. The fourth-order valence-corrected chi connectivity index (χ4v) is 6.63. The summed E-state index contributed by atoms with van der Waals surface area (Å²) in [4.78, 5) is 28.5. The van der Waals surface area contributed by atoms with Gasteiger partial charge in [0.25, 0.3) is 0 Å². The van der Waals surface area contributed by atoms with Crippen molar-refractivity contribution in [2.45, 2.75) is 70.4 Å². The van der Waals surface area contributed by atoms with Gasteiger partial charge in [-0.2, -0.15) is 0 Å². The molecule has 0 bridgehead atoms. The highest BCUT2D eigenvalue weighted by atomic mass is 16.5. The van der Waals surface area contributed by atoms with Crippen LogP contribution in [-0.2, 0) is 14.3 Å². The monoisotopic (exact) mass is 465 g/mol. The van der Waals surface area contributed by atoms with Gasteiger partial charge in [-0.25, -0.2) is 0 Å². The first-order valence-corrected chi connectivity index (χ1v) is 12.7. The Morgan fingerprint density at radius 2 is 1.82 bits per heavy atom. The molecular formula is C28H35NO5. The topological polar surface area (TPSA) is 87.1 Å². The van der Waals surface area contributed by atoms with Crippen LogP contribution in [0.2, 0.25) is 0 Å². The summed E-state index contributed by atoms with van der Waals surface area (Å²) < 4.78 is 6.21. The molecule has 1 aromatic rings. The minimum absolute atomic E-state index is 0.00551. The number of rotatable bonds is 6. The van der Waals surface area contributed by atoms with Crippen molar-refractivity contribution < 1.29 is 24.5 Å². The number of fused-ring (bicyclic) bond motifs is 3. The zero-order valence-corrected chi connectivity index (χ0v) is 19.9. The molecule has 3 fully saturated rings. The number of phenolic OH excluding ortho intramolecular Hbond substituents is 1. The molecule has 2 N–H and O–H groups in total. The van der Waals surface area contributed by atoms with Crippen molar-refractivity contribution in [3.8, 4) is 5.75 Å². The molecule has 0 aromatic heterocycles. The predicted octanol–water partition coefficient (Wildman–Crippen LogP) is 4.22. The number of aliphatic hydroxyl groups excluding tert-OH is 1. The van der Waals surface area contributed by atoms with E-state index < -0.39 is 0 Å². The molecule has 2 saturated heterocycles. The van der Waals surface area contributed by atoms with Crippen LogP contribution in [-0.4, -0.2) is 52.3 Å². The summed E-state index contributed by atoms with van der Waals surface area (Å²) in [6.07, 6.45) is 9.23. The standard InChI is InChI=1S/C28H35NO5/c1-17(13-18-8-10-21(31)11-9-18)7-12-24-25-19(15-30)14-22-26(23(25)16-34-24)28(33)29(27(22)32)20-5-3-2-4-6-20/h8-11,13,20,22-24,26,30-31H,2-7,12,14-16H2,1H3/b17-13+/t22-,23+,24-,26-/m1/s1. The highest BCUT2D eigenvalue weighted by Gasteiger charge is 2.58. The fraction of sp³-hybridized carbons (Fsp3) is 0.571. The first kappa shape index (κ1) is 23.3. The van der Waals surface area contributed by atoms with Gasteiger partial charge in [0.2, 0.25) is 11.8 Å². The molecule has 34 heavy (non-hydrogen) atoms. The van der Waals surface area contributed by atoms with E-state index in [9.17, 15) is 19.8 Å². The molecule has 4 aliphatic rings. The van der Waals surface area contributed by atoms with E-state index in [0.717, 1.165) is 55.2 Å².